The third-order valence-electron chi connectivity index (χ3n) is 5.44. The average molecular weight is 549 g/mol. The third-order valence-corrected chi connectivity index (χ3v) is 6.81. The van der Waals surface area contributed by atoms with Crippen LogP contribution in [0.3, 0.4) is 0 Å². The fraction of sp³-hybridized carbons (Fsp3) is 0.0800. The number of anilines is 3. The first-order valence-corrected chi connectivity index (χ1v) is 11.8. The van der Waals surface area contributed by atoms with Gasteiger partial charge in [-0.2, -0.15) is 0 Å². The minimum absolute atomic E-state index is 0.0596. The van der Waals surface area contributed by atoms with Gasteiger partial charge in [0.05, 0.1) is 20.8 Å². The summed E-state index contributed by atoms with van der Waals surface area (Å²) in [6.45, 7) is 3.96. The molecule has 1 aliphatic heterocycles. The van der Waals surface area contributed by atoms with E-state index in [1.807, 2.05) is 32.0 Å². The molecule has 0 unspecified atom stereocenters. The smallest absolute Gasteiger partial charge is 0.283 e. The van der Waals surface area contributed by atoms with Crippen LogP contribution in [0.5, 0.6) is 0 Å². The lowest BCUT2D eigenvalue weighted by molar-refractivity contribution is -0.120. The van der Waals surface area contributed by atoms with Crippen molar-refractivity contribution in [3.05, 3.63) is 97.1 Å². The molecule has 178 valence electrons. The fourth-order valence-corrected chi connectivity index (χ4v) is 4.22. The molecule has 0 saturated heterocycles. The molecule has 0 radical (unpaired) electrons. The summed E-state index contributed by atoms with van der Waals surface area (Å²) in [4.78, 5) is 39.1. The highest BCUT2D eigenvalue weighted by Gasteiger charge is 2.40. The second-order valence-electron chi connectivity index (χ2n) is 7.81. The third kappa shape index (κ3) is 5.02. The monoisotopic (exact) mass is 547 g/mol. The molecule has 0 bridgehead atoms. The van der Waals surface area contributed by atoms with E-state index in [1.54, 1.807) is 24.3 Å². The number of nitrogens with zero attached hydrogens (tertiary/aromatic N) is 1. The number of halogens is 4. The van der Waals surface area contributed by atoms with Gasteiger partial charge in [0.2, 0.25) is 0 Å². The average Bonchev–Trinajstić information content (AvgIpc) is 3.02. The molecule has 1 heterocycles. The van der Waals surface area contributed by atoms with Crippen molar-refractivity contribution < 1.29 is 14.4 Å². The Morgan fingerprint density at radius 1 is 0.743 bits per heavy atom. The van der Waals surface area contributed by atoms with Crippen LogP contribution < -0.4 is 15.5 Å². The number of benzene rings is 3. The molecule has 6 nitrogen and oxygen atoms in total. The Hall–Kier alpha value is -3.03. The van der Waals surface area contributed by atoms with Crippen molar-refractivity contribution in [2.75, 3.05) is 15.5 Å². The maximum absolute atomic E-state index is 13.0. The second-order valence-corrected chi connectivity index (χ2v) is 9.41. The molecular formula is C25H17Cl4N3O3. The number of aryl methyl sites for hydroxylation is 2. The molecule has 3 aromatic rings. The van der Waals surface area contributed by atoms with Crippen LogP contribution >= 0.6 is 46.4 Å². The lowest BCUT2D eigenvalue weighted by atomic mass is 10.1. The Balaban J connectivity index is 1.50. The summed E-state index contributed by atoms with van der Waals surface area (Å²) < 4.78 is 0. The molecule has 4 rings (SSSR count). The molecule has 3 amide bonds. The first kappa shape index (κ1) is 25.1. The van der Waals surface area contributed by atoms with Gasteiger partial charge < -0.3 is 10.6 Å². The molecule has 0 atom stereocenters. The minimum Gasteiger partial charge on any atom is -0.350 e. The minimum atomic E-state index is -0.760. The van der Waals surface area contributed by atoms with Gasteiger partial charge >= 0.3 is 0 Å². The number of hydrogen-bond acceptors (Lipinski definition) is 4. The highest BCUT2D eigenvalue weighted by molar-refractivity contribution is 6.54. The van der Waals surface area contributed by atoms with E-state index in [0.717, 1.165) is 16.0 Å². The highest BCUT2D eigenvalue weighted by atomic mass is 35.5. The zero-order valence-electron chi connectivity index (χ0n) is 18.4. The molecule has 0 fully saturated rings. The van der Waals surface area contributed by atoms with Gasteiger partial charge in [-0.25, -0.2) is 4.90 Å². The maximum Gasteiger partial charge on any atom is 0.283 e. The summed E-state index contributed by atoms with van der Waals surface area (Å²) in [7, 11) is 0. The Bertz CT molecular complexity index is 1420. The summed E-state index contributed by atoms with van der Waals surface area (Å²) in [5.41, 5.74) is 3.67. The topological polar surface area (TPSA) is 78.5 Å². The van der Waals surface area contributed by atoms with Gasteiger partial charge in [-0.05, 0) is 73.5 Å². The van der Waals surface area contributed by atoms with Crippen molar-refractivity contribution in [3.63, 3.8) is 0 Å². The van der Waals surface area contributed by atoms with Gasteiger partial charge in [0, 0.05) is 16.9 Å². The Labute approximate surface area is 221 Å². The molecule has 0 aliphatic carbocycles. The van der Waals surface area contributed by atoms with E-state index in [2.05, 4.69) is 10.6 Å². The number of rotatable bonds is 5. The van der Waals surface area contributed by atoms with E-state index in [9.17, 15) is 14.4 Å². The van der Waals surface area contributed by atoms with Crippen molar-refractivity contribution in [3.8, 4) is 0 Å². The normalized spacial score (nSPS) is 13.5. The molecule has 3 aromatic carbocycles. The summed E-state index contributed by atoms with van der Waals surface area (Å²) in [5, 5.41) is 5.75. The highest BCUT2D eigenvalue weighted by Crippen LogP contribution is 2.38. The van der Waals surface area contributed by atoms with Crippen LogP contribution in [0.15, 0.2) is 65.3 Å². The predicted octanol–water partition coefficient (Wildman–Crippen LogP) is 6.95. The number of hydrogen-bond donors (Lipinski definition) is 2. The Kier molecular flexibility index (Phi) is 7.10. The van der Waals surface area contributed by atoms with Gasteiger partial charge in [-0.3, -0.25) is 14.4 Å². The van der Waals surface area contributed by atoms with Gasteiger partial charge in [0.25, 0.3) is 17.7 Å². The predicted molar refractivity (Wildman–Crippen MR) is 141 cm³/mol. The summed E-state index contributed by atoms with van der Waals surface area (Å²) >= 11 is 24.3. The maximum atomic E-state index is 13.0. The van der Waals surface area contributed by atoms with E-state index in [0.29, 0.717) is 16.9 Å². The van der Waals surface area contributed by atoms with Gasteiger partial charge in [-0.15, -0.1) is 0 Å². The van der Waals surface area contributed by atoms with Gasteiger partial charge in [0.15, 0.2) is 0 Å². The summed E-state index contributed by atoms with van der Waals surface area (Å²) in [6.07, 6.45) is 0. The molecule has 2 N–H and O–H groups in total. The van der Waals surface area contributed by atoms with Crippen LogP contribution in [0.2, 0.25) is 15.1 Å². The molecule has 10 heteroatoms. The molecule has 1 aliphatic rings. The number of nitrogens with one attached hydrogen (secondary N) is 2. The van der Waals surface area contributed by atoms with Crippen molar-refractivity contribution in [2.45, 2.75) is 13.8 Å². The van der Waals surface area contributed by atoms with Crippen LogP contribution in [0.1, 0.15) is 21.5 Å². The van der Waals surface area contributed by atoms with E-state index >= 15 is 0 Å². The van der Waals surface area contributed by atoms with E-state index < -0.39 is 11.8 Å². The van der Waals surface area contributed by atoms with Crippen LogP contribution in [-0.4, -0.2) is 17.7 Å². The van der Waals surface area contributed by atoms with Gasteiger partial charge in [0.1, 0.15) is 10.7 Å². The van der Waals surface area contributed by atoms with E-state index in [-0.39, 0.29) is 37.4 Å². The lowest BCUT2D eigenvalue weighted by Gasteiger charge is -2.17. The second kappa shape index (κ2) is 9.91. The molecule has 35 heavy (non-hydrogen) atoms. The molecule has 0 saturated carbocycles. The summed E-state index contributed by atoms with van der Waals surface area (Å²) in [6, 6.07) is 14.7. The fourth-order valence-electron chi connectivity index (χ4n) is 3.39. The lowest BCUT2D eigenvalue weighted by Crippen LogP contribution is -2.32. The first-order chi connectivity index (χ1) is 16.6. The standard InChI is InChI=1S/C25H17Cl4N3O3/c1-12-3-6-16(9-13(12)2)31-23(33)14-4-7-15(8-5-14)30-22-21(29)24(34)32(25(22)35)20-11-18(27)17(26)10-19(20)28/h3-11,30H,1-2H3,(H,31,33). The summed E-state index contributed by atoms with van der Waals surface area (Å²) in [5.74, 6) is -1.76. The van der Waals surface area contributed by atoms with Crippen LogP contribution in [0.4, 0.5) is 17.1 Å². The van der Waals surface area contributed by atoms with Crippen LogP contribution in [0, 0.1) is 13.8 Å². The van der Waals surface area contributed by atoms with Crippen molar-refractivity contribution in [2.24, 2.45) is 0 Å². The van der Waals surface area contributed by atoms with Crippen molar-refractivity contribution in [1.29, 1.82) is 0 Å². The van der Waals surface area contributed by atoms with Crippen molar-refractivity contribution >= 4 is 81.2 Å². The number of carbonyl (C=O) groups is 3. The number of amides is 3. The quantitative estimate of drug-likeness (QED) is 0.267. The van der Waals surface area contributed by atoms with Gasteiger partial charge in [-0.1, -0.05) is 52.5 Å². The molecule has 0 aromatic heterocycles. The van der Waals surface area contributed by atoms with Crippen molar-refractivity contribution in [1.82, 2.24) is 0 Å². The molecule has 0 spiro atoms. The SMILES string of the molecule is Cc1ccc(NC(=O)c2ccc(NC3=C(Cl)C(=O)N(c4cc(Cl)c(Cl)cc4Cl)C3=O)cc2)cc1C. The number of imide groups is 1. The Morgan fingerprint density at radius 3 is 2.03 bits per heavy atom. The van der Waals surface area contributed by atoms with Crippen LogP contribution in [0.25, 0.3) is 0 Å². The van der Waals surface area contributed by atoms with E-state index in [1.165, 1.54) is 12.1 Å². The van der Waals surface area contributed by atoms with Crippen LogP contribution in [-0.2, 0) is 9.59 Å². The largest absolute Gasteiger partial charge is 0.350 e. The number of carbonyl (C=O) groups excluding carboxylic acids is 3. The first-order valence-electron chi connectivity index (χ1n) is 10.3. The zero-order valence-corrected chi connectivity index (χ0v) is 21.4. The van der Waals surface area contributed by atoms with E-state index in [4.69, 9.17) is 46.4 Å². The zero-order chi connectivity index (χ0) is 25.4. The molecular weight excluding hydrogens is 532 g/mol. The Morgan fingerprint density at radius 2 is 1.37 bits per heavy atom.